The van der Waals surface area contributed by atoms with Crippen molar-refractivity contribution >= 4 is 0 Å². The van der Waals surface area contributed by atoms with Gasteiger partial charge in [0.05, 0.1) is 19.0 Å². The van der Waals surface area contributed by atoms with Gasteiger partial charge < -0.3 is 0 Å². The van der Waals surface area contributed by atoms with E-state index < -0.39 is 0 Å². The molecule has 0 atom stereocenters. The first-order chi connectivity index (χ1) is 18.7. The van der Waals surface area contributed by atoms with Crippen LogP contribution in [-0.4, -0.2) is 4.57 Å². The lowest BCUT2D eigenvalue weighted by Gasteiger charge is -2.08. The Kier molecular flexibility index (Phi) is 24.5. The molecule has 0 aliphatic carbocycles. The zero-order valence-electron chi connectivity index (χ0n) is 26.9. The van der Waals surface area contributed by atoms with Crippen LogP contribution in [0.3, 0.4) is 0 Å². The van der Waals surface area contributed by atoms with Gasteiger partial charge in [0.15, 0.2) is 0 Å². The molecule has 224 valence electrons. The van der Waals surface area contributed by atoms with Crippen molar-refractivity contribution in [3.8, 4) is 0 Å². The van der Waals surface area contributed by atoms with Crippen LogP contribution in [0, 0.1) is 0 Å². The molecule has 0 aliphatic heterocycles. The lowest BCUT2D eigenvalue weighted by Crippen LogP contribution is -2.38. The highest BCUT2D eigenvalue weighted by molar-refractivity contribution is 4.89. The van der Waals surface area contributed by atoms with Crippen LogP contribution in [0.5, 0.6) is 0 Å². The molecule has 2 nitrogen and oxygen atoms in total. The van der Waals surface area contributed by atoms with Crippen molar-refractivity contribution in [2.24, 2.45) is 0 Å². The van der Waals surface area contributed by atoms with Crippen molar-refractivity contribution in [2.45, 2.75) is 214 Å². The second-order valence-electron chi connectivity index (χ2n) is 12.7. The van der Waals surface area contributed by atoms with Gasteiger partial charge in [-0.25, -0.2) is 9.13 Å². The van der Waals surface area contributed by atoms with E-state index in [2.05, 4.69) is 49.2 Å². The molecule has 0 spiro atoms. The second-order valence-corrected chi connectivity index (χ2v) is 12.7. The van der Waals surface area contributed by atoms with E-state index >= 15 is 0 Å². The molecule has 0 bridgehead atoms. The Morgan fingerprint density at radius 3 is 1.21 bits per heavy atom. The van der Waals surface area contributed by atoms with Crippen molar-refractivity contribution in [3.63, 3.8) is 0 Å². The van der Waals surface area contributed by atoms with Gasteiger partial charge in [0.25, 0.3) is 5.82 Å². The Bertz CT molecular complexity index is 602. The maximum atomic E-state index is 2.56. The Morgan fingerprint density at radius 1 is 0.500 bits per heavy atom. The average molecular weight is 532 g/mol. The number of hydrogen-bond acceptors (Lipinski definition) is 0. The molecule has 38 heavy (non-hydrogen) atoms. The first-order valence-corrected chi connectivity index (χ1v) is 17.8. The van der Waals surface area contributed by atoms with E-state index in [0.717, 1.165) is 0 Å². The summed E-state index contributed by atoms with van der Waals surface area (Å²) in [6.07, 6.45) is 42.0. The van der Waals surface area contributed by atoms with Crippen LogP contribution >= 0.6 is 0 Å². The second kappa shape index (κ2) is 26.4. The predicted molar refractivity (Wildman–Crippen MR) is 170 cm³/mol. The van der Waals surface area contributed by atoms with Crippen molar-refractivity contribution in [1.82, 2.24) is 4.57 Å². The van der Waals surface area contributed by atoms with Gasteiger partial charge in [0.2, 0.25) is 0 Å². The number of unbranched alkanes of at least 4 members (excludes halogenated alkanes) is 24. The van der Waals surface area contributed by atoms with Crippen LogP contribution in [-0.2, 0) is 13.1 Å². The Morgan fingerprint density at radius 2 is 0.842 bits per heavy atom. The van der Waals surface area contributed by atoms with E-state index in [1.54, 1.807) is 5.82 Å². The summed E-state index contributed by atoms with van der Waals surface area (Å²) in [5.41, 5.74) is 0. The molecule has 0 saturated heterocycles. The molecular formula is C36H71N2+. The highest BCUT2D eigenvalue weighted by atomic mass is 15.1. The molecule has 0 fully saturated rings. The van der Waals surface area contributed by atoms with E-state index in [4.69, 9.17) is 0 Å². The maximum absolute atomic E-state index is 2.56. The van der Waals surface area contributed by atoms with E-state index in [-0.39, 0.29) is 0 Å². The summed E-state index contributed by atoms with van der Waals surface area (Å²) in [7, 11) is 0. The van der Waals surface area contributed by atoms with E-state index in [1.807, 2.05) is 0 Å². The summed E-state index contributed by atoms with van der Waals surface area (Å²) in [4.78, 5) is 0. The molecule has 1 aromatic rings. The monoisotopic (exact) mass is 532 g/mol. The van der Waals surface area contributed by atoms with E-state index in [1.165, 1.54) is 180 Å². The highest BCUT2D eigenvalue weighted by Crippen LogP contribution is 2.16. The summed E-state index contributed by atoms with van der Waals surface area (Å²) in [6.45, 7) is 11.8. The number of nitrogens with zero attached hydrogens (tertiary/aromatic N) is 2. The lowest BCUT2D eigenvalue weighted by molar-refractivity contribution is -0.705. The molecule has 2 heteroatoms. The number of hydrogen-bond donors (Lipinski definition) is 0. The zero-order valence-corrected chi connectivity index (χ0v) is 26.9. The Hall–Kier alpha value is -0.790. The Balaban J connectivity index is 2.03. The summed E-state index contributed by atoms with van der Waals surface area (Å²) >= 11 is 0. The SMILES string of the molecule is CCCCCCCCCCCCCCCCC[n+]1ccn(CCCCCCCCCCCCC)c1C(C)C. The Labute approximate surface area is 240 Å². The summed E-state index contributed by atoms with van der Waals surface area (Å²) in [5.74, 6) is 2.15. The molecule has 0 saturated carbocycles. The fraction of sp³-hybridized carbons (Fsp3) is 0.917. The number of aromatic nitrogens is 2. The van der Waals surface area contributed by atoms with E-state index in [9.17, 15) is 0 Å². The van der Waals surface area contributed by atoms with Gasteiger partial charge in [0, 0.05) is 0 Å². The van der Waals surface area contributed by atoms with E-state index in [0.29, 0.717) is 5.92 Å². The molecule has 1 rings (SSSR count). The maximum Gasteiger partial charge on any atom is 0.258 e. The minimum Gasteiger partial charge on any atom is -0.234 e. The van der Waals surface area contributed by atoms with Gasteiger partial charge in [-0.3, -0.25) is 0 Å². The molecular weight excluding hydrogens is 460 g/mol. The number of aryl methyl sites for hydroxylation is 2. The molecule has 0 aliphatic rings. The van der Waals surface area contributed by atoms with Crippen LogP contribution in [0.15, 0.2) is 12.4 Å². The van der Waals surface area contributed by atoms with Crippen molar-refractivity contribution in [3.05, 3.63) is 18.2 Å². The minimum atomic E-state index is 0.606. The van der Waals surface area contributed by atoms with Gasteiger partial charge in [-0.1, -0.05) is 169 Å². The van der Waals surface area contributed by atoms with Crippen LogP contribution in [0.25, 0.3) is 0 Å². The fourth-order valence-electron chi connectivity index (χ4n) is 6.12. The average Bonchev–Trinajstić information content (AvgIpc) is 3.32. The topological polar surface area (TPSA) is 8.81 Å². The largest absolute Gasteiger partial charge is 0.258 e. The lowest BCUT2D eigenvalue weighted by atomic mass is 10.0. The third kappa shape index (κ3) is 19.3. The molecule has 0 aromatic carbocycles. The molecule has 1 aromatic heterocycles. The number of imidazole rings is 1. The van der Waals surface area contributed by atoms with Crippen LogP contribution < -0.4 is 4.57 Å². The van der Waals surface area contributed by atoms with Gasteiger partial charge in [-0.15, -0.1) is 0 Å². The van der Waals surface area contributed by atoms with Gasteiger partial charge >= 0.3 is 0 Å². The third-order valence-electron chi connectivity index (χ3n) is 8.54. The quantitative estimate of drug-likeness (QED) is 0.0717. The molecule has 0 unspecified atom stereocenters. The number of rotatable bonds is 29. The summed E-state index contributed by atoms with van der Waals surface area (Å²) in [5, 5.41) is 0. The third-order valence-corrected chi connectivity index (χ3v) is 8.54. The van der Waals surface area contributed by atoms with Crippen molar-refractivity contribution in [1.29, 1.82) is 0 Å². The van der Waals surface area contributed by atoms with Crippen molar-refractivity contribution < 1.29 is 4.57 Å². The van der Waals surface area contributed by atoms with Crippen LogP contribution in [0.1, 0.15) is 206 Å². The van der Waals surface area contributed by atoms with Crippen LogP contribution in [0.2, 0.25) is 0 Å². The molecule has 0 radical (unpaired) electrons. The summed E-state index contributed by atoms with van der Waals surface area (Å²) in [6, 6.07) is 0. The van der Waals surface area contributed by atoms with Crippen LogP contribution in [0.4, 0.5) is 0 Å². The van der Waals surface area contributed by atoms with Gasteiger partial charge in [-0.2, -0.15) is 0 Å². The van der Waals surface area contributed by atoms with Gasteiger partial charge in [-0.05, 0) is 25.7 Å². The fourth-order valence-corrected chi connectivity index (χ4v) is 6.12. The molecule has 0 N–H and O–H groups in total. The van der Waals surface area contributed by atoms with Crippen molar-refractivity contribution in [2.75, 3.05) is 0 Å². The van der Waals surface area contributed by atoms with Gasteiger partial charge in [0.1, 0.15) is 12.4 Å². The normalized spacial score (nSPS) is 11.7. The molecule has 1 heterocycles. The standard InChI is InChI=1S/C36H71N2/c1-5-7-9-11-13-15-17-18-19-20-22-24-26-28-30-32-38-34-33-37(36(38)35(3)4)31-29-27-25-23-21-16-14-12-10-8-6-2/h33-35H,5-32H2,1-4H3/q+1. The zero-order chi connectivity index (χ0) is 27.5. The smallest absolute Gasteiger partial charge is 0.234 e. The first kappa shape index (κ1) is 35.2. The molecule has 0 amide bonds. The summed E-state index contributed by atoms with van der Waals surface area (Å²) < 4.78 is 5.12. The first-order valence-electron chi connectivity index (χ1n) is 17.8. The minimum absolute atomic E-state index is 0.606. The highest BCUT2D eigenvalue weighted by Gasteiger charge is 2.20. The predicted octanol–water partition coefficient (Wildman–Crippen LogP) is 12.1.